The first-order valence-corrected chi connectivity index (χ1v) is 13.8. The number of methoxy groups -OCH3 is 4. The van der Waals surface area contributed by atoms with Crippen LogP contribution < -0.4 is 24.8 Å². The van der Waals surface area contributed by atoms with Gasteiger partial charge < -0.3 is 24.7 Å². The second-order valence-corrected chi connectivity index (χ2v) is 10.4. The fourth-order valence-corrected chi connectivity index (χ4v) is 5.51. The summed E-state index contributed by atoms with van der Waals surface area (Å²) in [6, 6.07) is 15.7. The van der Waals surface area contributed by atoms with Crippen LogP contribution in [0.4, 0.5) is 11.5 Å². The van der Waals surface area contributed by atoms with E-state index in [2.05, 4.69) is 20.8 Å². The number of allylic oxidation sites excluding steroid dienone is 1. The number of benzene rings is 2. The van der Waals surface area contributed by atoms with Crippen LogP contribution in [0.15, 0.2) is 88.5 Å². The van der Waals surface area contributed by atoms with Crippen molar-refractivity contribution in [3.63, 3.8) is 0 Å². The predicted molar refractivity (Wildman–Crippen MR) is 152 cm³/mol. The number of carbonyl (C=O) groups is 2. The first-order chi connectivity index (χ1) is 20.6. The average molecular weight is 607 g/mol. The van der Waals surface area contributed by atoms with E-state index in [0.29, 0.717) is 5.56 Å². The zero-order valence-electron chi connectivity index (χ0n) is 23.4. The molecule has 0 saturated carbocycles. The number of nitrogens with two attached hydrogens (primary N) is 1. The average Bonchev–Trinajstić information content (AvgIpc) is 3.03. The van der Waals surface area contributed by atoms with E-state index in [1.165, 1.54) is 38.5 Å². The molecule has 4 rings (SSSR count). The zero-order chi connectivity index (χ0) is 31.3. The molecule has 1 aromatic heterocycles. The third kappa shape index (κ3) is 5.63. The normalized spacial score (nSPS) is 15.0. The molecule has 2 aromatic carbocycles. The molecule has 0 fully saturated rings. The van der Waals surface area contributed by atoms with Crippen molar-refractivity contribution >= 4 is 33.5 Å². The van der Waals surface area contributed by atoms with Crippen LogP contribution in [0.5, 0.6) is 11.6 Å². The summed E-state index contributed by atoms with van der Waals surface area (Å²) in [6.07, 6.45) is 1.10. The summed E-state index contributed by atoms with van der Waals surface area (Å²) in [5.41, 5.74) is 6.62. The second kappa shape index (κ2) is 12.5. The molecule has 1 unspecified atom stereocenters. The van der Waals surface area contributed by atoms with Gasteiger partial charge in [-0.3, -0.25) is 9.62 Å². The van der Waals surface area contributed by atoms with Gasteiger partial charge in [0.15, 0.2) is 5.82 Å². The van der Waals surface area contributed by atoms with Gasteiger partial charge in [-0.2, -0.15) is 10.2 Å². The van der Waals surface area contributed by atoms with E-state index in [9.17, 15) is 23.3 Å². The molecule has 0 bridgehead atoms. The molecule has 3 aromatic rings. The van der Waals surface area contributed by atoms with Gasteiger partial charge in [-0.05, 0) is 29.8 Å². The number of aromatic nitrogens is 2. The van der Waals surface area contributed by atoms with Gasteiger partial charge in [0, 0.05) is 5.69 Å². The summed E-state index contributed by atoms with van der Waals surface area (Å²) >= 11 is 0. The monoisotopic (exact) mass is 606 g/mol. The van der Waals surface area contributed by atoms with Crippen molar-refractivity contribution < 1.29 is 37.0 Å². The highest BCUT2D eigenvalue weighted by Gasteiger charge is 2.43. The lowest BCUT2D eigenvalue weighted by Crippen LogP contribution is -2.40. The lowest BCUT2D eigenvalue weighted by molar-refractivity contribution is -0.139. The summed E-state index contributed by atoms with van der Waals surface area (Å²) in [6.45, 7) is 0. The molecule has 1 aliphatic heterocycles. The Labute approximate surface area is 247 Å². The molecule has 1 atom stereocenters. The van der Waals surface area contributed by atoms with Crippen LogP contribution in [0.25, 0.3) is 0 Å². The molecule has 2 heterocycles. The van der Waals surface area contributed by atoms with Gasteiger partial charge in [-0.25, -0.2) is 23.0 Å². The predicted octanol–water partition coefficient (Wildman–Crippen LogP) is 2.19. The highest BCUT2D eigenvalue weighted by Crippen LogP contribution is 2.43. The van der Waals surface area contributed by atoms with Crippen molar-refractivity contribution in [2.75, 3.05) is 38.1 Å². The van der Waals surface area contributed by atoms with Crippen LogP contribution in [-0.2, 0) is 29.1 Å². The summed E-state index contributed by atoms with van der Waals surface area (Å²) in [7, 11) is 0.679. The quantitative estimate of drug-likeness (QED) is 0.337. The van der Waals surface area contributed by atoms with Crippen molar-refractivity contribution in [3.05, 3.63) is 89.2 Å². The number of hydrogen-bond acceptors (Lipinski definition) is 13. The fourth-order valence-electron chi connectivity index (χ4n) is 4.50. The smallest absolute Gasteiger partial charge is 0.355 e. The minimum atomic E-state index is -4.22. The van der Waals surface area contributed by atoms with Crippen LogP contribution in [0.3, 0.4) is 0 Å². The Morgan fingerprint density at radius 1 is 0.953 bits per heavy atom. The topological polar surface area (TPSA) is 196 Å². The molecule has 3 N–H and O–H groups in total. The SMILES string of the molecule is COC(=O)C1=C(C(=O)OC)N(c2ccc(S(=O)(=O)Nc3ncnc(OC)c3OC)cc2)C(N)=C(C#N)C1c1ccccc1. The molecule has 0 aliphatic carbocycles. The second-order valence-electron chi connectivity index (χ2n) is 8.70. The molecule has 0 saturated heterocycles. The van der Waals surface area contributed by atoms with Crippen LogP contribution in [0.2, 0.25) is 0 Å². The number of nitrogens with one attached hydrogen (secondary N) is 1. The number of sulfonamides is 1. The minimum absolute atomic E-state index is 0.0172. The Bertz CT molecular complexity index is 1770. The number of carbonyl (C=O) groups excluding carboxylic acids is 2. The Morgan fingerprint density at radius 3 is 2.16 bits per heavy atom. The largest absolute Gasteiger partial charge is 0.489 e. The Balaban J connectivity index is 1.84. The van der Waals surface area contributed by atoms with Crippen molar-refractivity contribution in [3.8, 4) is 17.7 Å². The van der Waals surface area contributed by atoms with Crippen molar-refractivity contribution in [2.45, 2.75) is 10.8 Å². The van der Waals surface area contributed by atoms with E-state index in [1.807, 2.05) is 0 Å². The lowest BCUT2D eigenvalue weighted by atomic mass is 9.81. The third-order valence-electron chi connectivity index (χ3n) is 6.42. The summed E-state index contributed by atoms with van der Waals surface area (Å²) in [5, 5.41) is 10.2. The number of esters is 2. The molecule has 43 heavy (non-hydrogen) atoms. The van der Waals surface area contributed by atoms with Gasteiger partial charge in [0.1, 0.15) is 17.8 Å². The molecular formula is C28H26N6O8S. The van der Waals surface area contributed by atoms with Gasteiger partial charge in [0.25, 0.3) is 15.9 Å². The highest BCUT2D eigenvalue weighted by molar-refractivity contribution is 7.92. The lowest BCUT2D eigenvalue weighted by Gasteiger charge is -2.35. The van der Waals surface area contributed by atoms with E-state index >= 15 is 0 Å². The van der Waals surface area contributed by atoms with Gasteiger partial charge in [-0.1, -0.05) is 30.3 Å². The Hall–Kier alpha value is -5.62. The van der Waals surface area contributed by atoms with Gasteiger partial charge in [0.05, 0.1) is 56.5 Å². The molecule has 15 heteroatoms. The molecule has 0 spiro atoms. The molecule has 14 nitrogen and oxygen atoms in total. The van der Waals surface area contributed by atoms with E-state index in [-0.39, 0.29) is 50.7 Å². The zero-order valence-corrected chi connectivity index (χ0v) is 24.2. The first kappa shape index (κ1) is 30.3. The van der Waals surface area contributed by atoms with Gasteiger partial charge in [0.2, 0.25) is 5.75 Å². The number of nitrogens with zero attached hydrogens (tertiary/aromatic N) is 4. The maximum atomic E-state index is 13.2. The Kier molecular flexibility index (Phi) is 8.81. The summed E-state index contributed by atoms with van der Waals surface area (Å²) in [4.78, 5) is 35.1. The van der Waals surface area contributed by atoms with Crippen LogP contribution in [0.1, 0.15) is 11.5 Å². The van der Waals surface area contributed by atoms with Gasteiger partial charge >= 0.3 is 11.9 Å². The van der Waals surface area contributed by atoms with Crippen molar-refractivity contribution in [1.29, 1.82) is 5.26 Å². The van der Waals surface area contributed by atoms with Crippen molar-refractivity contribution in [1.82, 2.24) is 9.97 Å². The molecule has 1 aliphatic rings. The maximum absolute atomic E-state index is 13.2. The standard InChI is InChI=1S/C28H26N6O8S/c1-39-23-25(31-15-32-26(23)40-2)33-43(37,38)18-12-10-17(11-13-18)34-22(28(36)42-4)21(27(35)41-3)20(19(14-29)24(34)30)16-8-6-5-7-9-16/h5-13,15,20H,30H2,1-4H3,(H,31,32,33). The van der Waals surface area contributed by atoms with E-state index < -0.39 is 27.9 Å². The maximum Gasteiger partial charge on any atom is 0.355 e. The number of anilines is 2. The first-order valence-electron chi connectivity index (χ1n) is 12.3. The molecular weight excluding hydrogens is 580 g/mol. The van der Waals surface area contributed by atoms with E-state index in [1.54, 1.807) is 30.3 Å². The Morgan fingerprint density at radius 2 is 1.60 bits per heavy atom. The number of ether oxygens (including phenoxy) is 4. The summed E-state index contributed by atoms with van der Waals surface area (Å²) in [5.74, 6) is -3.23. The van der Waals surface area contributed by atoms with E-state index in [4.69, 9.17) is 24.7 Å². The molecule has 0 radical (unpaired) electrons. The minimum Gasteiger partial charge on any atom is -0.489 e. The van der Waals surface area contributed by atoms with Gasteiger partial charge in [-0.15, -0.1) is 0 Å². The number of nitriles is 1. The third-order valence-corrected chi connectivity index (χ3v) is 7.77. The van der Waals surface area contributed by atoms with Crippen LogP contribution in [-0.4, -0.2) is 58.8 Å². The summed E-state index contributed by atoms with van der Waals surface area (Å²) < 4.78 is 49.0. The van der Waals surface area contributed by atoms with Crippen molar-refractivity contribution in [2.24, 2.45) is 5.73 Å². The van der Waals surface area contributed by atoms with Crippen LogP contribution >= 0.6 is 0 Å². The number of rotatable bonds is 9. The van der Waals surface area contributed by atoms with E-state index in [0.717, 1.165) is 25.4 Å². The van der Waals surface area contributed by atoms with Crippen LogP contribution in [0, 0.1) is 11.3 Å². The molecule has 0 amide bonds. The fraction of sp³-hybridized carbons (Fsp3) is 0.179. The highest BCUT2D eigenvalue weighted by atomic mass is 32.2. The molecule has 222 valence electrons. The number of hydrogen-bond donors (Lipinski definition) is 2.